The van der Waals surface area contributed by atoms with E-state index in [0.717, 1.165) is 30.6 Å². The molecule has 1 aromatic rings. The first-order chi connectivity index (χ1) is 6.19. The van der Waals surface area contributed by atoms with Crippen molar-refractivity contribution in [3.05, 3.63) is 33.4 Å². The Balaban J connectivity index is 3.21. The molecular formula is C11H16O2. The summed E-state index contributed by atoms with van der Waals surface area (Å²) >= 11 is 0. The summed E-state index contributed by atoms with van der Waals surface area (Å²) in [5.74, 6) is 1.58. The van der Waals surface area contributed by atoms with Crippen molar-refractivity contribution < 1.29 is 4.42 Å². The van der Waals surface area contributed by atoms with Gasteiger partial charge >= 0.3 is 0 Å². The lowest BCUT2D eigenvalue weighted by atomic mass is 10.1. The van der Waals surface area contributed by atoms with Crippen LogP contribution in [0.4, 0.5) is 0 Å². The van der Waals surface area contributed by atoms with Crippen molar-refractivity contribution in [3.63, 3.8) is 0 Å². The highest BCUT2D eigenvalue weighted by Crippen LogP contribution is 2.10. The molecule has 1 rings (SSSR count). The van der Waals surface area contributed by atoms with Gasteiger partial charge in [0.15, 0.2) is 5.43 Å². The van der Waals surface area contributed by atoms with E-state index in [-0.39, 0.29) is 5.43 Å². The van der Waals surface area contributed by atoms with Crippen molar-refractivity contribution >= 4 is 0 Å². The summed E-state index contributed by atoms with van der Waals surface area (Å²) in [5, 5.41) is 0. The molecule has 0 radical (unpaired) electrons. The molecule has 0 amide bonds. The van der Waals surface area contributed by atoms with Crippen LogP contribution in [-0.2, 0) is 12.8 Å². The number of hydrogen-bond donors (Lipinski definition) is 0. The summed E-state index contributed by atoms with van der Waals surface area (Å²) in [6.45, 7) is 5.89. The summed E-state index contributed by atoms with van der Waals surface area (Å²) in [5.41, 5.74) is 0.960. The summed E-state index contributed by atoms with van der Waals surface area (Å²) in [6.07, 6.45) is 2.64. The van der Waals surface area contributed by atoms with E-state index in [2.05, 4.69) is 6.92 Å². The van der Waals surface area contributed by atoms with E-state index in [0.29, 0.717) is 5.76 Å². The van der Waals surface area contributed by atoms with Gasteiger partial charge in [-0.15, -0.1) is 0 Å². The Morgan fingerprint density at radius 3 is 2.62 bits per heavy atom. The van der Waals surface area contributed by atoms with Gasteiger partial charge < -0.3 is 4.42 Å². The molecule has 2 nitrogen and oxygen atoms in total. The molecule has 0 aliphatic rings. The van der Waals surface area contributed by atoms with Crippen LogP contribution in [0, 0.1) is 6.92 Å². The molecule has 0 saturated carbocycles. The van der Waals surface area contributed by atoms with Crippen LogP contribution >= 0.6 is 0 Å². The largest absolute Gasteiger partial charge is 0.466 e. The molecule has 0 unspecified atom stereocenters. The van der Waals surface area contributed by atoms with Crippen molar-refractivity contribution in [2.24, 2.45) is 0 Å². The molecule has 0 atom stereocenters. The van der Waals surface area contributed by atoms with Crippen LogP contribution in [0.3, 0.4) is 0 Å². The van der Waals surface area contributed by atoms with E-state index in [4.69, 9.17) is 4.42 Å². The average molecular weight is 180 g/mol. The second-order valence-electron chi connectivity index (χ2n) is 3.23. The second-order valence-corrected chi connectivity index (χ2v) is 3.23. The predicted octanol–water partition coefficient (Wildman–Crippen LogP) is 2.46. The van der Waals surface area contributed by atoms with Gasteiger partial charge in [0, 0.05) is 18.1 Å². The monoisotopic (exact) mass is 180 g/mol. The maximum Gasteiger partial charge on any atom is 0.188 e. The smallest absolute Gasteiger partial charge is 0.188 e. The Bertz CT molecular complexity index is 336. The summed E-state index contributed by atoms with van der Waals surface area (Å²) in [6, 6.07) is 1.57. The quantitative estimate of drug-likeness (QED) is 0.715. The highest BCUT2D eigenvalue weighted by atomic mass is 16.3. The van der Waals surface area contributed by atoms with Gasteiger partial charge in [0.05, 0.1) is 0 Å². The standard InChI is InChI=1S/C11H16O2/c1-4-6-11-9(5-2)10(12)7-8(3)13-11/h7H,4-6H2,1-3H3. The normalized spacial score (nSPS) is 10.4. The zero-order valence-corrected chi connectivity index (χ0v) is 8.52. The van der Waals surface area contributed by atoms with Crippen LogP contribution < -0.4 is 5.43 Å². The zero-order valence-electron chi connectivity index (χ0n) is 8.52. The minimum absolute atomic E-state index is 0.120. The highest BCUT2D eigenvalue weighted by molar-refractivity contribution is 5.19. The molecule has 1 aromatic heterocycles. The summed E-state index contributed by atoms with van der Waals surface area (Å²) in [4.78, 5) is 11.5. The molecular weight excluding hydrogens is 164 g/mol. The maximum atomic E-state index is 11.5. The Hall–Kier alpha value is -1.05. The molecule has 72 valence electrons. The van der Waals surface area contributed by atoms with Gasteiger partial charge in [-0.25, -0.2) is 0 Å². The first kappa shape index (κ1) is 10.0. The molecule has 0 aromatic carbocycles. The van der Waals surface area contributed by atoms with Crippen molar-refractivity contribution in [1.82, 2.24) is 0 Å². The van der Waals surface area contributed by atoms with Gasteiger partial charge in [-0.1, -0.05) is 13.8 Å². The predicted molar refractivity (Wildman–Crippen MR) is 53.1 cm³/mol. The van der Waals surface area contributed by atoms with Crippen LogP contribution in [-0.4, -0.2) is 0 Å². The number of hydrogen-bond acceptors (Lipinski definition) is 2. The fraction of sp³-hybridized carbons (Fsp3) is 0.545. The van der Waals surface area contributed by atoms with Crippen molar-refractivity contribution in [3.8, 4) is 0 Å². The Kier molecular flexibility index (Phi) is 3.29. The molecule has 1 heterocycles. The van der Waals surface area contributed by atoms with Crippen molar-refractivity contribution in [2.45, 2.75) is 40.0 Å². The Labute approximate surface area is 78.6 Å². The highest BCUT2D eigenvalue weighted by Gasteiger charge is 2.07. The van der Waals surface area contributed by atoms with Gasteiger partial charge in [-0.05, 0) is 19.8 Å². The lowest BCUT2D eigenvalue weighted by Gasteiger charge is -2.05. The van der Waals surface area contributed by atoms with Crippen molar-refractivity contribution in [2.75, 3.05) is 0 Å². The lowest BCUT2D eigenvalue weighted by molar-refractivity contribution is 0.453. The average Bonchev–Trinajstić information content (AvgIpc) is 2.04. The van der Waals surface area contributed by atoms with E-state index in [1.54, 1.807) is 6.07 Å². The molecule has 2 heteroatoms. The molecule has 0 spiro atoms. The van der Waals surface area contributed by atoms with Gasteiger partial charge in [0.2, 0.25) is 0 Å². The minimum atomic E-state index is 0.120. The Morgan fingerprint density at radius 1 is 1.38 bits per heavy atom. The van der Waals surface area contributed by atoms with Gasteiger partial charge in [0.1, 0.15) is 11.5 Å². The number of rotatable bonds is 3. The molecule has 0 aliphatic carbocycles. The molecule has 0 saturated heterocycles. The minimum Gasteiger partial charge on any atom is -0.466 e. The van der Waals surface area contributed by atoms with Crippen LogP contribution in [0.2, 0.25) is 0 Å². The third kappa shape index (κ3) is 2.20. The SMILES string of the molecule is CCCc1oc(C)cc(=O)c1CC. The zero-order chi connectivity index (χ0) is 9.84. The lowest BCUT2D eigenvalue weighted by Crippen LogP contribution is -2.11. The third-order valence-corrected chi connectivity index (χ3v) is 2.08. The molecule has 0 aliphatic heterocycles. The van der Waals surface area contributed by atoms with E-state index < -0.39 is 0 Å². The van der Waals surface area contributed by atoms with Gasteiger partial charge in [-0.2, -0.15) is 0 Å². The molecule has 0 N–H and O–H groups in total. The Morgan fingerprint density at radius 2 is 2.08 bits per heavy atom. The van der Waals surface area contributed by atoms with E-state index in [9.17, 15) is 4.79 Å². The molecule has 0 fully saturated rings. The van der Waals surface area contributed by atoms with Gasteiger partial charge in [0.25, 0.3) is 0 Å². The fourth-order valence-corrected chi connectivity index (χ4v) is 1.49. The van der Waals surface area contributed by atoms with Crippen LogP contribution in [0.1, 0.15) is 37.4 Å². The number of aryl methyl sites for hydroxylation is 2. The van der Waals surface area contributed by atoms with E-state index >= 15 is 0 Å². The second kappa shape index (κ2) is 4.26. The van der Waals surface area contributed by atoms with E-state index in [1.165, 1.54) is 0 Å². The third-order valence-electron chi connectivity index (χ3n) is 2.08. The van der Waals surface area contributed by atoms with Crippen LogP contribution in [0.15, 0.2) is 15.3 Å². The first-order valence-corrected chi connectivity index (χ1v) is 4.81. The molecule has 13 heavy (non-hydrogen) atoms. The first-order valence-electron chi connectivity index (χ1n) is 4.81. The summed E-state index contributed by atoms with van der Waals surface area (Å²) < 4.78 is 5.52. The molecule has 0 bridgehead atoms. The summed E-state index contributed by atoms with van der Waals surface area (Å²) in [7, 11) is 0. The van der Waals surface area contributed by atoms with Crippen LogP contribution in [0.5, 0.6) is 0 Å². The fourth-order valence-electron chi connectivity index (χ4n) is 1.49. The topological polar surface area (TPSA) is 30.2 Å². The van der Waals surface area contributed by atoms with E-state index in [1.807, 2.05) is 13.8 Å². The maximum absolute atomic E-state index is 11.5. The van der Waals surface area contributed by atoms with Crippen molar-refractivity contribution in [1.29, 1.82) is 0 Å². The van der Waals surface area contributed by atoms with Crippen LogP contribution in [0.25, 0.3) is 0 Å². The van der Waals surface area contributed by atoms with Gasteiger partial charge in [-0.3, -0.25) is 4.79 Å².